The molecule has 3 heteroatoms. The highest BCUT2D eigenvalue weighted by atomic mass is 15.3. The zero-order valence-electron chi connectivity index (χ0n) is 10.6. The van der Waals surface area contributed by atoms with E-state index in [9.17, 15) is 0 Å². The van der Waals surface area contributed by atoms with Crippen LogP contribution >= 0.6 is 0 Å². The van der Waals surface area contributed by atoms with Crippen molar-refractivity contribution in [3.8, 4) is 0 Å². The fourth-order valence-electron chi connectivity index (χ4n) is 1.47. The molecule has 1 aromatic rings. The van der Waals surface area contributed by atoms with Gasteiger partial charge in [0.15, 0.2) is 5.84 Å². The molecular weight excluding hydrogens is 210 g/mol. The van der Waals surface area contributed by atoms with Gasteiger partial charge in [-0.15, -0.1) is 0 Å². The summed E-state index contributed by atoms with van der Waals surface area (Å²) in [6.45, 7) is 5.97. The van der Waals surface area contributed by atoms with Crippen LogP contribution in [0.1, 0.15) is 12.5 Å². The number of allylic oxidation sites excluding steroid dienone is 2. The molecule has 0 aromatic heterocycles. The normalized spacial score (nSPS) is 11.6. The summed E-state index contributed by atoms with van der Waals surface area (Å²) >= 11 is 0. The topological polar surface area (TPSA) is 27.6 Å². The molecule has 0 saturated carbocycles. The minimum Gasteiger partial charge on any atom is -0.328 e. The average Bonchev–Trinajstić information content (AvgIpc) is 2.36. The Morgan fingerprint density at radius 1 is 1.35 bits per heavy atom. The zero-order valence-corrected chi connectivity index (χ0v) is 10.6. The molecule has 1 N–H and O–H groups in total. The van der Waals surface area contributed by atoms with E-state index in [1.807, 2.05) is 61.4 Å². The highest BCUT2D eigenvalue weighted by molar-refractivity contribution is 5.99. The van der Waals surface area contributed by atoms with E-state index in [0.717, 1.165) is 17.1 Å². The largest absolute Gasteiger partial charge is 0.328 e. The molecule has 0 radical (unpaired) electrons. The van der Waals surface area contributed by atoms with E-state index < -0.39 is 0 Å². The Kier molecular flexibility index (Phi) is 5.01. The Morgan fingerprint density at radius 2 is 2.00 bits per heavy atom. The van der Waals surface area contributed by atoms with Crippen LogP contribution in [0.25, 0.3) is 0 Å². The third kappa shape index (κ3) is 3.48. The lowest BCUT2D eigenvalue weighted by Crippen LogP contribution is -2.27. The molecule has 0 aliphatic heterocycles. The molecule has 17 heavy (non-hydrogen) atoms. The maximum absolute atomic E-state index is 4.30. The van der Waals surface area contributed by atoms with Crippen LogP contribution in [-0.4, -0.2) is 24.8 Å². The minimum absolute atomic E-state index is 0.844. The molecule has 0 heterocycles. The highest BCUT2D eigenvalue weighted by Gasteiger charge is 2.10. The maximum Gasteiger partial charge on any atom is 0.159 e. The van der Waals surface area contributed by atoms with Gasteiger partial charge in [0.05, 0.1) is 0 Å². The third-order valence-corrected chi connectivity index (χ3v) is 2.36. The monoisotopic (exact) mass is 229 g/mol. The smallest absolute Gasteiger partial charge is 0.159 e. The summed E-state index contributed by atoms with van der Waals surface area (Å²) in [7, 11) is 3.74. The Balaban J connectivity index is 3.03. The summed E-state index contributed by atoms with van der Waals surface area (Å²) in [5.74, 6) is 0.844. The van der Waals surface area contributed by atoms with E-state index in [4.69, 9.17) is 0 Å². The van der Waals surface area contributed by atoms with Crippen LogP contribution in [0.15, 0.2) is 59.9 Å². The molecule has 0 amide bonds. The van der Waals surface area contributed by atoms with Crippen molar-refractivity contribution in [3.63, 3.8) is 0 Å². The second kappa shape index (κ2) is 6.53. The maximum atomic E-state index is 4.30. The van der Waals surface area contributed by atoms with Crippen molar-refractivity contribution in [1.29, 1.82) is 0 Å². The zero-order chi connectivity index (χ0) is 12.7. The van der Waals surface area contributed by atoms with Gasteiger partial charge in [-0.25, -0.2) is 0 Å². The predicted molar refractivity (Wildman–Crippen MR) is 73.8 cm³/mol. The summed E-state index contributed by atoms with van der Waals surface area (Å²) in [6, 6.07) is 10.0. The fourth-order valence-corrected chi connectivity index (χ4v) is 1.47. The summed E-state index contributed by atoms with van der Waals surface area (Å²) in [6.07, 6.45) is 3.91. The van der Waals surface area contributed by atoms with Gasteiger partial charge in [0.2, 0.25) is 0 Å². The van der Waals surface area contributed by atoms with Crippen LogP contribution in [0.4, 0.5) is 0 Å². The summed E-state index contributed by atoms with van der Waals surface area (Å²) < 4.78 is 0. The first kappa shape index (κ1) is 13.0. The van der Waals surface area contributed by atoms with Crippen molar-refractivity contribution in [3.05, 3.63) is 60.3 Å². The van der Waals surface area contributed by atoms with E-state index >= 15 is 0 Å². The second-order valence-corrected chi connectivity index (χ2v) is 3.58. The SMILES string of the molecule is C=C(C=CC)N(C)C(=NNC)c1ccccc1. The van der Waals surface area contributed by atoms with Gasteiger partial charge in [0, 0.05) is 25.4 Å². The van der Waals surface area contributed by atoms with E-state index in [2.05, 4.69) is 17.1 Å². The molecule has 0 unspecified atom stereocenters. The predicted octanol–water partition coefficient (Wildman–Crippen LogP) is 2.59. The number of hydrogen-bond acceptors (Lipinski definition) is 2. The van der Waals surface area contributed by atoms with Gasteiger partial charge < -0.3 is 10.3 Å². The third-order valence-electron chi connectivity index (χ3n) is 2.36. The van der Waals surface area contributed by atoms with Crippen molar-refractivity contribution >= 4 is 5.84 Å². The summed E-state index contributed by atoms with van der Waals surface area (Å²) in [5, 5.41) is 4.30. The van der Waals surface area contributed by atoms with Crippen molar-refractivity contribution < 1.29 is 0 Å². The molecule has 0 aliphatic rings. The minimum atomic E-state index is 0.844. The molecule has 0 aliphatic carbocycles. The molecule has 0 saturated heterocycles. The molecule has 3 nitrogen and oxygen atoms in total. The van der Waals surface area contributed by atoms with E-state index in [0.29, 0.717) is 0 Å². The molecular formula is C14H19N3. The number of hydrazone groups is 1. The number of nitrogens with one attached hydrogen (secondary N) is 1. The van der Waals surface area contributed by atoms with Crippen molar-refractivity contribution in [2.45, 2.75) is 6.92 Å². The number of nitrogens with zero attached hydrogens (tertiary/aromatic N) is 2. The molecule has 1 rings (SSSR count). The Bertz CT molecular complexity index is 418. The Morgan fingerprint density at radius 3 is 2.53 bits per heavy atom. The van der Waals surface area contributed by atoms with E-state index in [1.54, 1.807) is 7.05 Å². The molecule has 90 valence electrons. The van der Waals surface area contributed by atoms with Gasteiger partial charge >= 0.3 is 0 Å². The molecule has 0 fully saturated rings. The van der Waals surface area contributed by atoms with Crippen LogP contribution in [0.2, 0.25) is 0 Å². The lowest BCUT2D eigenvalue weighted by Gasteiger charge is -2.21. The highest BCUT2D eigenvalue weighted by Crippen LogP contribution is 2.09. The lowest BCUT2D eigenvalue weighted by molar-refractivity contribution is 0.639. The van der Waals surface area contributed by atoms with Crippen LogP contribution in [0.5, 0.6) is 0 Å². The van der Waals surface area contributed by atoms with Crippen LogP contribution in [0, 0.1) is 0 Å². The first-order chi connectivity index (χ1) is 8.20. The van der Waals surface area contributed by atoms with Gasteiger partial charge in [-0.1, -0.05) is 43.0 Å². The quantitative estimate of drug-likeness (QED) is 0.372. The number of rotatable bonds is 4. The van der Waals surface area contributed by atoms with Crippen LogP contribution < -0.4 is 5.43 Å². The standard InChI is InChI=1S/C14H19N3/c1-5-9-12(2)17(4)14(16-15-3)13-10-7-6-8-11-13/h5-11,15H,2H2,1,3-4H3. The first-order valence-corrected chi connectivity index (χ1v) is 5.56. The second-order valence-electron chi connectivity index (χ2n) is 3.58. The van der Waals surface area contributed by atoms with E-state index in [-0.39, 0.29) is 0 Å². The van der Waals surface area contributed by atoms with Gasteiger partial charge in [0.25, 0.3) is 0 Å². The summed E-state index contributed by atoms with van der Waals surface area (Å²) in [5.41, 5.74) is 4.77. The molecule has 0 spiro atoms. The fraction of sp³-hybridized carbons (Fsp3) is 0.214. The summed E-state index contributed by atoms with van der Waals surface area (Å²) in [4.78, 5) is 1.95. The Hall–Kier alpha value is -2.03. The number of benzene rings is 1. The van der Waals surface area contributed by atoms with Crippen molar-refractivity contribution in [1.82, 2.24) is 10.3 Å². The van der Waals surface area contributed by atoms with E-state index in [1.165, 1.54) is 0 Å². The number of amidine groups is 1. The average molecular weight is 229 g/mol. The Labute approximate surface area is 103 Å². The van der Waals surface area contributed by atoms with Crippen molar-refractivity contribution in [2.24, 2.45) is 5.10 Å². The van der Waals surface area contributed by atoms with Gasteiger partial charge in [-0.2, -0.15) is 5.10 Å². The van der Waals surface area contributed by atoms with Crippen molar-refractivity contribution in [2.75, 3.05) is 14.1 Å². The van der Waals surface area contributed by atoms with Gasteiger partial charge in [-0.05, 0) is 13.0 Å². The first-order valence-electron chi connectivity index (χ1n) is 5.56. The molecule has 0 atom stereocenters. The molecule has 1 aromatic carbocycles. The van der Waals surface area contributed by atoms with Gasteiger partial charge in [-0.3, -0.25) is 0 Å². The van der Waals surface area contributed by atoms with Gasteiger partial charge in [0.1, 0.15) is 0 Å². The molecule has 0 bridgehead atoms. The number of likely N-dealkylation sites (N-methyl/N-ethyl adjacent to an activating group) is 1. The van der Waals surface area contributed by atoms with Crippen LogP contribution in [0.3, 0.4) is 0 Å². The number of hydrogen-bond donors (Lipinski definition) is 1. The lowest BCUT2D eigenvalue weighted by atomic mass is 10.2. The van der Waals surface area contributed by atoms with Crippen LogP contribution in [-0.2, 0) is 0 Å².